The van der Waals surface area contributed by atoms with Crippen LogP contribution in [0.2, 0.25) is 5.15 Å². The second kappa shape index (κ2) is 6.36. The summed E-state index contributed by atoms with van der Waals surface area (Å²) in [6, 6.07) is 5.49. The van der Waals surface area contributed by atoms with Gasteiger partial charge in [0.1, 0.15) is 17.2 Å². The molecular formula is C13H16ClN5O2. The Balaban J connectivity index is 2.23. The Morgan fingerprint density at radius 3 is 2.62 bits per heavy atom. The monoisotopic (exact) mass is 309 g/mol. The number of ether oxygens (including phenoxy) is 2. The Kier molecular flexibility index (Phi) is 4.54. The zero-order valence-electron chi connectivity index (χ0n) is 11.7. The van der Waals surface area contributed by atoms with Gasteiger partial charge >= 0.3 is 0 Å². The molecule has 0 spiro atoms. The summed E-state index contributed by atoms with van der Waals surface area (Å²) in [4.78, 5) is 7.79. The summed E-state index contributed by atoms with van der Waals surface area (Å²) in [6.07, 6.45) is 0. The molecule has 0 aliphatic heterocycles. The number of nitrogens with two attached hydrogens (primary N) is 2. The van der Waals surface area contributed by atoms with Crippen molar-refractivity contribution >= 4 is 29.1 Å². The lowest BCUT2D eigenvalue weighted by Gasteiger charge is -2.13. The number of nitrogens with one attached hydrogen (secondary N) is 1. The topological polar surface area (TPSA) is 108 Å². The van der Waals surface area contributed by atoms with Crippen molar-refractivity contribution in [2.75, 3.05) is 31.0 Å². The molecule has 0 aliphatic rings. The van der Waals surface area contributed by atoms with Crippen LogP contribution < -0.4 is 26.3 Å². The number of aromatic nitrogens is 2. The van der Waals surface area contributed by atoms with E-state index in [1.165, 1.54) is 0 Å². The second-order valence-corrected chi connectivity index (χ2v) is 4.52. The number of benzene rings is 1. The SMILES string of the molecule is COc1ccc(OC)c(CNc2nc(N)nc(Cl)c2N)c1. The molecule has 1 aromatic heterocycles. The summed E-state index contributed by atoms with van der Waals surface area (Å²) in [6.45, 7) is 0.414. The van der Waals surface area contributed by atoms with Crippen molar-refractivity contribution in [1.82, 2.24) is 9.97 Å². The quantitative estimate of drug-likeness (QED) is 0.724. The van der Waals surface area contributed by atoms with Crippen molar-refractivity contribution in [1.29, 1.82) is 0 Å². The molecule has 0 saturated heterocycles. The summed E-state index contributed by atoms with van der Waals surface area (Å²) in [7, 11) is 3.20. The molecule has 5 N–H and O–H groups in total. The summed E-state index contributed by atoms with van der Waals surface area (Å²) in [5.74, 6) is 1.86. The van der Waals surface area contributed by atoms with Gasteiger partial charge in [0.2, 0.25) is 5.95 Å². The molecular weight excluding hydrogens is 294 g/mol. The molecule has 1 aromatic carbocycles. The molecule has 0 aliphatic carbocycles. The van der Waals surface area contributed by atoms with Gasteiger partial charge in [-0.2, -0.15) is 9.97 Å². The highest BCUT2D eigenvalue weighted by Gasteiger charge is 2.10. The van der Waals surface area contributed by atoms with E-state index in [0.29, 0.717) is 12.4 Å². The lowest BCUT2D eigenvalue weighted by atomic mass is 10.2. The van der Waals surface area contributed by atoms with Crippen LogP contribution in [0.5, 0.6) is 11.5 Å². The molecule has 1 heterocycles. The predicted octanol–water partition coefficient (Wildman–Crippen LogP) is 1.92. The van der Waals surface area contributed by atoms with Gasteiger partial charge in [0.25, 0.3) is 0 Å². The molecule has 8 heteroatoms. The average molecular weight is 310 g/mol. The number of methoxy groups -OCH3 is 2. The van der Waals surface area contributed by atoms with Crippen LogP contribution in [0.4, 0.5) is 17.5 Å². The highest BCUT2D eigenvalue weighted by molar-refractivity contribution is 6.32. The Hall–Kier alpha value is -2.41. The number of hydrogen-bond acceptors (Lipinski definition) is 7. The fraction of sp³-hybridized carbons (Fsp3) is 0.231. The standard InChI is InChI=1S/C13H16ClN5O2/c1-20-8-3-4-9(21-2)7(5-8)6-17-12-10(15)11(14)18-13(16)19-12/h3-5H,6,15H2,1-2H3,(H3,16,17,18,19). The van der Waals surface area contributed by atoms with E-state index < -0.39 is 0 Å². The maximum atomic E-state index is 5.87. The summed E-state index contributed by atoms with van der Waals surface area (Å²) in [5.41, 5.74) is 12.5. The van der Waals surface area contributed by atoms with Gasteiger partial charge in [-0.05, 0) is 18.2 Å². The van der Waals surface area contributed by atoms with Crippen molar-refractivity contribution < 1.29 is 9.47 Å². The van der Waals surface area contributed by atoms with Crippen LogP contribution in [0.3, 0.4) is 0 Å². The Labute approximate surface area is 127 Å². The lowest BCUT2D eigenvalue weighted by Crippen LogP contribution is -2.09. The molecule has 0 bridgehead atoms. The number of rotatable bonds is 5. The van der Waals surface area contributed by atoms with Crippen LogP contribution in [-0.2, 0) is 6.54 Å². The maximum Gasteiger partial charge on any atom is 0.223 e. The third kappa shape index (κ3) is 3.38. The van der Waals surface area contributed by atoms with Gasteiger partial charge in [0.05, 0.1) is 14.2 Å². The van der Waals surface area contributed by atoms with E-state index in [-0.39, 0.29) is 16.8 Å². The van der Waals surface area contributed by atoms with Gasteiger partial charge in [-0.1, -0.05) is 11.6 Å². The largest absolute Gasteiger partial charge is 0.497 e. The molecule has 112 valence electrons. The highest BCUT2D eigenvalue weighted by Crippen LogP contribution is 2.27. The van der Waals surface area contributed by atoms with E-state index in [4.69, 9.17) is 32.5 Å². The first-order valence-corrected chi connectivity index (χ1v) is 6.46. The first kappa shape index (κ1) is 15.0. The van der Waals surface area contributed by atoms with E-state index in [1.54, 1.807) is 14.2 Å². The van der Waals surface area contributed by atoms with Crippen molar-refractivity contribution in [2.45, 2.75) is 6.54 Å². The van der Waals surface area contributed by atoms with Crippen molar-refractivity contribution in [3.05, 3.63) is 28.9 Å². The summed E-state index contributed by atoms with van der Waals surface area (Å²) >= 11 is 5.87. The Morgan fingerprint density at radius 2 is 1.95 bits per heavy atom. The lowest BCUT2D eigenvalue weighted by molar-refractivity contribution is 0.399. The van der Waals surface area contributed by atoms with Gasteiger partial charge in [-0.25, -0.2) is 0 Å². The molecule has 2 rings (SSSR count). The molecule has 7 nitrogen and oxygen atoms in total. The molecule has 21 heavy (non-hydrogen) atoms. The molecule has 0 fully saturated rings. The summed E-state index contributed by atoms with van der Waals surface area (Å²) < 4.78 is 10.5. The smallest absolute Gasteiger partial charge is 0.223 e. The predicted molar refractivity (Wildman–Crippen MR) is 82.7 cm³/mol. The molecule has 0 saturated carbocycles. The number of anilines is 3. The first-order chi connectivity index (χ1) is 10.0. The van der Waals surface area contributed by atoms with Crippen molar-refractivity contribution in [3.63, 3.8) is 0 Å². The van der Waals surface area contributed by atoms with Gasteiger partial charge < -0.3 is 26.3 Å². The minimum Gasteiger partial charge on any atom is -0.497 e. The first-order valence-electron chi connectivity index (χ1n) is 6.08. The second-order valence-electron chi connectivity index (χ2n) is 4.17. The fourth-order valence-electron chi connectivity index (χ4n) is 1.79. The van der Waals surface area contributed by atoms with Gasteiger partial charge in [-0.3, -0.25) is 0 Å². The highest BCUT2D eigenvalue weighted by atomic mass is 35.5. The van der Waals surface area contributed by atoms with E-state index in [9.17, 15) is 0 Å². The van der Waals surface area contributed by atoms with Crippen molar-refractivity contribution in [3.8, 4) is 11.5 Å². The average Bonchev–Trinajstić information content (AvgIpc) is 2.49. The normalized spacial score (nSPS) is 10.2. The minimum absolute atomic E-state index is 0.0503. The van der Waals surface area contributed by atoms with E-state index in [1.807, 2.05) is 18.2 Å². The number of hydrogen-bond donors (Lipinski definition) is 3. The van der Waals surface area contributed by atoms with E-state index in [0.717, 1.165) is 17.1 Å². The third-order valence-electron chi connectivity index (χ3n) is 2.85. The number of halogens is 1. The number of nitrogen functional groups attached to an aromatic ring is 2. The zero-order valence-corrected chi connectivity index (χ0v) is 12.4. The number of nitrogens with zero attached hydrogens (tertiary/aromatic N) is 2. The van der Waals surface area contributed by atoms with Crippen LogP contribution in [0, 0.1) is 0 Å². The molecule has 0 radical (unpaired) electrons. The van der Waals surface area contributed by atoms with Gasteiger partial charge in [0, 0.05) is 12.1 Å². The summed E-state index contributed by atoms with van der Waals surface area (Å²) in [5, 5.41) is 3.17. The van der Waals surface area contributed by atoms with Crippen LogP contribution in [0.15, 0.2) is 18.2 Å². The van der Waals surface area contributed by atoms with Crippen LogP contribution in [0.1, 0.15) is 5.56 Å². The maximum absolute atomic E-state index is 5.87. The third-order valence-corrected chi connectivity index (χ3v) is 3.14. The van der Waals surface area contributed by atoms with Crippen molar-refractivity contribution in [2.24, 2.45) is 0 Å². The molecule has 0 atom stereocenters. The Bertz CT molecular complexity index is 651. The minimum atomic E-state index is 0.0503. The van der Waals surface area contributed by atoms with E-state index in [2.05, 4.69) is 15.3 Å². The molecule has 0 amide bonds. The fourth-order valence-corrected chi connectivity index (χ4v) is 1.97. The van der Waals surface area contributed by atoms with Gasteiger partial charge in [0.15, 0.2) is 11.0 Å². The molecule has 0 unspecified atom stereocenters. The Morgan fingerprint density at radius 1 is 1.19 bits per heavy atom. The van der Waals surface area contributed by atoms with Crippen LogP contribution in [-0.4, -0.2) is 24.2 Å². The van der Waals surface area contributed by atoms with Crippen LogP contribution in [0.25, 0.3) is 0 Å². The van der Waals surface area contributed by atoms with E-state index >= 15 is 0 Å². The van der Waals surface area contributed by atoms with Gasteiger partial charge in [-0.15, -0.1) is 0 Å². The molecule has 2 aromatic rings. The zero-order chi connectivity index (χ0) is 15.4. The van der Waals surface area contributed by atoms with Crippen LogP contribution >= 0.6 is 11.6 Å².